The van der Waals surface area contributed by atoms with E-state index in [2.05, 4.69) is 26.0 Å². The third-order valence-electron chi connectivity index (χ3n) is 6.59. The number of nitrogens with one attached hydrogen (secondary N) is 2. The van der Waals surface area contributed by atoms with Gasteiger partial charge in [-0.25, -0.2) is 8.42 Å². The number of sulfonamides is 1. The Labute approximate surface area is 169 Å². The molecule has 7 heteroatoms. The van der Waals surface area contributed by atoms with E-state index in [1.165, 1.54) is 44.2 Å². The van der Waals surface area contributed by atoms with E-state index >= 15 is 0 Å². The van der Waals surface area contributed by atoms with Gasteiger partial charge in [-0.15, -0.1) is 0 Å². The summed E-state index contributed by atoms with van der Waals surface area (Å²) in [4.78, 5) is 13.1. The summed E-state index contributed by atoms with van der Waals surface area (Å²) in [5.41, 5.74) is -1.21. The van der Waals surface area contributed by atoms with Gasteiger partial charge in [0, 0.05) is 10.5 Å². The van der Waals surface area contributed by atoms with Crippen LogP contribution in [-0.2, 0) is 14.8 Å². The van der Waals surface area contributed by atoms with Crippen LogP contribution in [0.5, 0.6) is 0 Å². The van der Waals surface area contributed by atoms with Crippen LogP contribution in [0.15, 0.2) is 33.6 Å². The largest absolute Gasteiger partial charge is 0.351 e. The highest BCUT2D eigenvalue weighted by Gasteiger charge is 2.49. The van der Waals surface area contributed by atoms with Crippen molar-refractivity contribution in [3.05, 3.63) is 28.7 Å². The summed E-state index contributed by atoms with van der Waals surface area (Å²) < 4.78 is 28.7. The second kappa shape index (κ2) is 6.85. The van der Waals surface area contributed by atoms with E-state index in [0.717, 1.165) is 11.8 Å². The van der Waals surface area contributed by atoms with Crippen molar-refractivity contribution in [3.8, 4) is 0 Å². The van der Waals surface area contributed by atoms with Gasteiger partial charge in [0.2, 0.25) is 15.9 Å². The maximum absolute atomic E-state index is 13.0. The molecule has 0 aliphatic heterocycles. The summed E-state index contributed by atoms with van der Waals surface area (Å²) in [5, 5.41) is 3.21. The SMILES string of the molecule is CC(C)(NS(=O)(=O)c1cccc(Br)c1)C(=O)N[C@H]1C2CC3CC1C[C@H](C3)C2. The van der Waals surface area contributed by atoms with Crippen LogP contribution in [0.3, 0.4) is 0 Å². The van der Waals surface area contributed by atoms with Gasteiger partial charge < -0.3 is 5.32 Å². The molecule has 5 nitrogen and oxygen atoms in total. The molecule has 27 heavy (non-hydrogen) atoms. The molecule has 5 rings (SSSR count). The number of carbonyl (C=O) groups excluding carboxylic acids is 1. The summed E-state index contributed by atoms with van der Waals surface area (Å²) in [6.45, 7) is 3.27. The molecule has 1 aromatic rings. The number of hydrogen-bond acceptors (Lipinski definition) is 3. The molecule has 0 aromatic heterocycles. The summed E-state index contributed by atoms with van der Waals surface area (Å²) in [6.07, 6.45) is 6.21. The normalized spacial score (nSPS) is 32.5. The quantitative estimate of drug-likeness (QED) is 0.714. The van der Waals surface area contributed by atoms with Crippen LogP contribution in [-0.4, -0.2) is 25.9 Å². The average Bonchev–Trinajstić information content (AvgIpc) is 2.56. The fourth-order valence-corrected chi connectivity index (χ4v) is 7.54. The molecule has 148 valence electrons. The predicted octanol–water partition coefficient (Wildman–Crippen LogP) is 3.45. The van der Waals surface area contributed by atoms with Crippen LogP contribution in [0.1, 0.15) is 46.0 Å². The van der Waals surface area contributed by atoms with Crippen molar-refractivity contribution in [3.63, 3.8) is 0 Å². The molecule has 1 aromatic carbocycles. The average molecular weight is 455 g/mol. The Morgan fingerprint density at radius 3 is 2.22 bits per heavy atom. The van der Waals surface area contributed by atoms with Gasteiger partial charge in [-0.2, -0.15) is 4.72 Å². The monoisotopic (exact) mass is 454 g/mol. The van der Waals surface area contributed by atoms with Gasteiger partial charge in [-0.1, -0.05) is 22.0 Å². The fraction of sp³-hybridized carbons (Fsp3) is 0.650. The highest BCUT2D eigenvalue weighted by Crippen LogP contribution is 2.53. The van der Waals surface area contributed by atoms with Gasteiger partial charge in [0.15, 0.2) is 0 Å². The van der Waals surface area contributed by atoms with E-state index in [1.807, 2.05) is 0 Å². The Balaban J connectivity index is 1.46. The van der Waals surface area contributed by atoms with E-state index in [4.69, 9.17) is 0 Å². The smallest absolute Gasteiger partial charge is 0.241 e. The van der Waals surface area contributed by atoms with Crippen molar-refractivity contribution in [2.24, 2.45) is 23.7 Å². The lowest BCUT2D eigenvalue weighted by Crippen LogP contribution is -2.62. The van der Waals surface area contributed by atoms with Crippen molar-refractivity contribution in [1.29, 1.82) is 0 Å². The molecule has 4 bridgehead atoms. The molecule has 0 atom stereocenters. The molecular weight excluding hydrogens is 428 g/mol. The lowest BCUT2D eigenvalue weighted by molar-refractivity contribution is -0.129. The maximum Gasteiger partial charge on any atom is 0.241 e. The van der Waals surface area contributed by atoms with Crippen molar-refractivity contribution in [2.45, 2.75) is 62.4 Å². The number of rotatable bonds is 5. The minimum absolute atomic E-state index is 0.146. The Morgan fingerprint density at radius 1 is 1.07 bits per heavy atom. The van der Waals surface area contributed by atoms with Crippen LogP contribution in [0.4, 0.5) is 0 Å². The van der Waals surface area contributed by atoms with Gasteiger partial charge in [0.05, 0.1) is 4.90 Å². The van der Waals surface area contributed by atoms with Gasteiger partial charge in [0.1, 0.15) is 5.54 Å². The molecule has 0 heterocycles. The molecule has 0 spiro atoms. The number of carbonyl (C=O) groups is 1. The molecule has 1 amide bonds. The predicted molar refractivity (Wildman–Crippen MR) is 108 cm³/mol. The maximum atomic E-state index is 13.0. The highest BCUT2D eigenvalue weighted by molar-refractivity contribution is 9.10. The zero-order valence-corrected chi connectivity index (χ0v) is 18.1. The number of amides is 1. The van der Waals surface area contributed by atoms with E-state index in [-0.39, 0.29) is 16.8 Å². The molecule has 4 fully saturated rings. The lowest BCUT2D eigenvalue weighted by Gasteiger charge is -2.54. The zero-order valence-electron chi connectivity index (χ0n) is 15.7. The first kappa shape index (κ1) is 19.4. The Morgan fingerprint density at radius 2 is 1.67 bits per heavy atom. The van der Waals surface area contributed by atoms with Crippen molar-refractivity contribution < 1.29 is 13.2 Å². The summed E-state index contributed by atoms with van der Waals surface area (Å²) >= 11 is 3.29. The molecular formula is C20H27BrN2O3S. The molecule has 4 aliphatic carbocycles. The molecule has 4 aliphatic rings. The van der Waals surface area contributed by atoms with E-state index in [1.54, 1.807) is 26.0 Å². The van der Waals surface area contributed by atoms with E-state index < -0.39 is 15.6 Å². The van der Waals surface area contributed by atoms with Crippen LogP contribution in [0, 0.1) is 23.7 Å². The minimum atomic E-state index is -3.79. The van der Waals surface area contributed by atoms with Crippen molar-refractivity contribution in [1.82, 2.24) is 10.0 Å². The summed E-state index contributed by atoms with van der Waals surface area (Å²) in [5.74, 6) is 2.55. The first-order chi connectivity index (χ1) is 12.6. The minimum Gasteiger partial charge on any atom is -0.351 e. The first-order valence-corrected chi connectivity index (χ1v) is 12.0. The second-order valence-electron chi connectivity index (χ2n) is 9.12. The Hall–Kier alpha value is -0.920. The van der Waals surface area contributed by atoms with Gasteiger partial charge >= 0.3 is 0 Å². The van der Waals surface area contributed by atoms with Gasteiger partial charge in [0.25, 0.3) is 0 Å². The molecule has 4 saturated carbocycles. The van der Waals surface area contributed by atoms with E-state index in [9.17, 15) is 13.2 Å². The first-order valence-electron chi connectivity index (χ1n) is 9.74. The fourth-order valence-electron chi connectivity index (χ4n) is 5.57. The zero-order chi connectivity index (χ0) is 19.4. The number of hydrogen-bond donors (Lipinski definition) is 2. The third kappa shape index (κ3) is 3.83. The van der Waals surface area contributed by atoms with Crippen molar-refractivity contribution in [2.75, 3.05) is 0 Å². The van der Waals surface area contributed by atoms with Crippen molar-refractivity contribution >= 4 is 31.9 Å². The molecule has 0 radical (unpaired) electrons. The molecule has 0 unspecified atom stereocenters. The summed E-state index contributed by atoms with van der Waals surface area (Å²) in [7, 11) is -3.79. The number of benzene rings is 1. The van der Waals surface area contributed by atoms with E-state index in [0.29, 0.717) is 16.3 Å². The Kier molecular flexibility index (Phi) is 4.92. The standard InChI is InChI=1S/C20H27BrN2O3S/c1-20(2,23-27(25,26)17-5-3-4-16(21)11-17)19(24)22-18-14-7-12-6-13(9-14)10-15(18)8-12/h3-5,11-15,18,23H,6-10H2,1-2H3,(H,22,24)/t12-,13?,14?,15?,18+. The lowest BCUT2D eigenvalue weighted by atomic mass is 9.54. The highest BCUT2D eigenvalue weighted by atomic mass is 79.9. The topological polar surface area (TPSA) is 75.3 Å². The van der Waals surface area contributed by atoms with Crippen LogP contribution < -0.4 is 10.0 Å². The molecule has 2 N–H and O–H groups in total. The van der Waals surface area contributed by atoms with Crippen LogP contribution >= 0.6 is 15.9 Å². The van der Waals surface area contributed by atoms with Gasteiger partial charge in [-0.05, 0) is 87.8 Å². The Bertz CT molecular complexity index is 825. The second-order valence-corrected chi connectivity index (χ2v) is 11.7. The van der Waals surface area contributed by atoms with Gasteiger partial charge in [-0.3, -0.25) is 4.79 Å². The van der Waals surface area contributed by atoms with Crippen LogP contribution in [0.2, 0.25) is 0 Å². The molecule has 0 saturated heterocycles. The van der Waals surface area contributed by atoms with Crippen LogP contribution in [0.25, 0.3) is 0 Å². The number of halogens is 1. The summed E-state index contributed by atoms with van der Waals surface area (Å²) in [6, 6.07) is 6.69. The third-order valence-corrected chi connectivity index (χ3v) is 8.73.